The maximum absolute atomic E-state index is 5.64. The van der Waals surface area contributed by atoms with Gasteiger partial charge in [-0.15, -0.1) is 0 Å². The number of nitrogen functional groups attached to an aromatic ring is 1. The lowest BCUT2D eigenvalue weighted by Crippen LogP contribution is -2.37. The molecule has 1 aromatic rings. The molecule has 0 atom stereocenters. The Hall–Kier alpha value is -0.920. The molecule has 6 nitrogen and oxygen atoms in total. The molecule has 1 saturated heterocycles. The lowest BCUT2D eigenvalue weighted by Gasteiger charge is -2.33. The summed E-state index contributed by atoms with van der Waals surface area (Å²) < 4.78 is 6.45. The van der Waals surface area contributed by atoms with Crippen LogP contribution < -0.4 is 16.2 Å². The first kappa shape index (κ1) is 13.5. The van der Waals surface area contributed by atoms with Gasteiger partial charge in [0.1, 0.15) is 16.6 Å². The molecule has 1 fully saturated rings. The van der Waals surface area contributed by atoms with Gasteiger partial charge in [-0.2, -0.15) is 0 Å². The van der Waals surface area contributed by atoms with Crippen molar-refractivity contribution in [2.75, 3.05) is 30.0 Å². The third kappa shape index (κ3) is 2.90. The number of aromatic nitrogens is 2. The van der Waals surface area contributed by atoms with Gasteiger partial charge in [0.2, 0.25) is 0 Å². The van der Waals surface area contributed by atoms with Crippen molar-refractivity contribution >= 4 is 27.6 Å². The van der Waals surface area contributed by atoms with Gasteiger partial charge >= 0.3 is 0 Å². The van der Waals surface area contributed by atoms with Gasteiger partial charge in [-0.3, -0.25) is 0 Å². The van der Waals surface area contributed by atoms with Gasteiger partial charge in [0.05, 0.1) is 6.10 Å². The van der Waals surface area contributed by atoms with E-state index in [1.165, 1.54) is 6.33 Å². The first-order valence-corrected chi connectivity index (χ1v) is 6.89. The molecule has 0 aromatic carbocycles. The highest BCUT2D eigenvalue weighted by atomic mass is 79.9. The monoisotopic (exact) mass is 315 g/mol. The van der Waals surface area contributed by atoms with Crippen LogP contribution in [0.15, 0.2) is 10.8 Å². The molecule has 100 valence electrons. The van der Waals surface area contributed by atoms with E-state index in [1.54, 1.807) is 0 Å². The Kier molecular flexibility index (Phi) is 4.73. The molecule has 0 bridgehead atoms. The van der Waals surface area contributed by atoms with Crippen LogP contribution in [0.4, 0.5) is 11.6 Å². The number of piperidine rings is 1. The van der Waals surface area contributed by atoms with Crippen molar-refractivity contribution in [1.29, 1.82) is 0 Å². The van der Waals surface area contributed by atoms with E-state index in [2.05, 4.69) is 36.2 Å². The maximum atomic E-state index is 5.64. The Labute approximate surface area is 115 Å². The van der Waals surface area contributed by atoms with E-state index in [9.17, 15) is 0 Å². The second-order valence-electron chi connectivity index (χ2n) is 4.15. The van der Waals surface area contributed by atoms with Crippen molar-refractivity contribution in [3.05, 3.63) is 10.8 Å². The summed E-state index contributed by atoms with van der Waals surface area (Å²) >= 11 is 3.48. The van der Waals surface area contributed by atoms with Gasteiger partial charge in [-0.1, -0.05) is 0 Å². The van der Waals surface area contributed by atoms with E-state index < -0.39 is 0 Å². The van der Waals surface area contributed by atoms with Gasteiger partial charge in [-0.05, 0) is 35.7 Å². The highest BCUT2D eigenvalue weighted by Crippen LogP contribution is 2.30. The molecule has 1 aromatic heterocycles. The van der Waals surface area contributed by atoms with Gasteiger partial charge in [0.15, 0.2) is 5.82 Å². The summed E-state index contributed by atoms with van der Waals surface area (Å²) in [6.45, 7) is 4.68. The van der Waals surface area contributed by atoms with Crippen LogP contribution in [0.5, 0.6) is 0 Å². The molecule has 0 spiro atoms. The fourth-order valence-corrected chi connectivity index (χ4v) is 2.72. The molecular weight excluding hydrogens is 298 g/mol. The van der Waals surface area contributed by atoms with E-state index in [-0.39, 0.29) is 0 Å². The van der Waals surface area contributed by atoms with E-state index in [4.69, 9.17) is 10.6 Å². The predicted octanol–water partition coefficient (Wildman–Crippen LogP) is 1.53. The van der Waals surface area contributed by atoms with Crippen molar-refractivity contribution in [2.24, 2.45) is 5.84 Å². The molecule has 0 amide bonds. The van der Waals surface area contributed by atoms with E-state index in [0.717, 1.165) is 42.8 Å². The van der Waals surface area contributed by atoms with Crippen LogP contribution in [0.2, 0.25) is 0 Å². The quantitative estimate of drug-likeness (QED) is 0.648. The zero-order valence-electron chi connectivity index (χ0n) is 10.4. The summed E-state index contributed by atoms with van der Waals surface area (Å²) in [6, 6.07) is 0. The number of nitrogens with zero attached hydrogens (tertiary/aromatic N) is 3. The topological polar surface area (TPSA) is 76.3 Å². The Bertz CT molecular complexity index is 395. The first-order valence-electron chi connectivity index (χ1n) is 6.10. The number of anilines is 2. The summed E-state index contributed by atoms with van der Waals surface area (Å²) in [7, 11) is 0. The normalized spacial score (nSPS) is 16.9. The largest absolute Gasteiger partial charge is 0.378 e. The van der Waals surface area contributed by atoms with E-state index in [0.29, 0.717) is 11.9 Å². The SMILES string of the molecule is CCOC1CCN(c2ncnc(NN)c2Br)CC1. The lowest BCUT2D eigenvalue weighted by atomic mass is 10.1. The molecule has 18 heavy (non-hydrogen) atoms. The number of nitrogens with one attached hydrogen (secondary N) is 1. The molecule has 3 N–H and O–H groups in total. The standard InChI is InChI=1S/C11H18BrN5O/c1-2-18-8-3-5-17(6-4-8)11-9(12)10(16-13)14-7-15-11/h7-8H,2-6,13H2,1H3,(H,14,15,16). The van der Waals surface area contributed by atoms with Gasteiger partial charge in [0.25, 0.3) is 0 Å². The minimum atomic E-state index is 0.374. The average Bonchev–Trinajstić information content (AvgIpc) is 2.41. The van der Waals surface area contributed by atoms with Crippen molar-refractivity contribution < 1.29 is 4.74 Å². The summed E-state index contributed by atoms with van der Waals surface area (Å²) in [6.07, 6.45) is 3.94. The number of hydrogen-bond donors (Lipinski definition) is 2. The maximum Gasteiger partial charge on any atom is 0.159 e. The second-order valence-corrected chi connectivity index (χ2v) is 4.94. The number of halogens is 1. The average molecular weight is 316 g/mol. The fraction of sp³-hybridized carbons (Fsp3) is 0.636. The number of nitrogens with two attached hydrogens (primary N) is 1. The van der Waals surface area contributed by atoms with Crippen LogP contribution in [0.1, 0.15) is 19.8 Å². The van der Waals surface area contributed by atoms with Gasteiger partial charge in [0, 0.05) is 19.7 Å². The molecule has 2 rings (SSSR count). The predicted molar refractivity (Wildman–Crippen MR) is 74.4 cm³/mol. The van der Waals surface area contributed by atoms with E-state index in [1.807, 2.05) is 6.92 Å². The summed E-state index contributed by atoms with van der Waals surface area (Å²) in [5.74, 6) is 6.89. The molecule has 0 unspecified atom stereocenters. The highest BCUT2D eigenvalue weighted by molar-refractivity contribution is 9.10. The Morgan fingerprint density at radius 1 is 1.50 bits per heavy atom. The Balaban J connectivity index is 2.05. The number of hydrazine groups is 1. The molecule has 1 aliphatic heterocycles. The first-order chi connectivity index (χ1) is 8.76. The van der Waals surface area contributed by atoms with Crippen LogP contribution in [-0.2, 0) is 4.74 Å². The smallest absolute Gasteiger partial charge is 0.159 e. The highest BCUT2D eigenvalue weighted by Gasteiger charge is 2.22. The van der Waals surface area contributed by atoms with Crippen LogP contribution >= 0.6 is 15.9 Å². The third-order valence-corrected chi connectivity index (χ3v) is 3.78. The van der Waals surface area contributed by atoms with Crippen LogP contribution in [-0.4, -0.2) is 35.8 Å². The summed E-state index contributed by atoms with van der Waals surface area (Å²) in [4.78, 5) is 10.6. The van der Waals surface area contributed by atoms with Crippen LogP contribution in [0.25, 0.3) is 0 Å². The van der Waals surface area contributed by atoms with Gasteiger partial charge < -0.3 is 15.1 Å². The van der Waals surface area contributed by atoms with Crippen molar-refractivity contribution in [3.8, 4) is 0 Å². The van der Waals surface area contributed by atoms with Crippen molar-refractivity contribution in [3.63, 3.8) is 0 Å². The number of ether oxygens (including phenoxy) is 1. The second kappa shape index (κ2) is 6.31. The minimum Gasteiger partial charge on any atom is -0.378 e. The van der Waals surface area contributed by atoms with Crippen molar-refractivity contribution in [2.45, 2.75) is 25.9 Å². The van der Waals surface area contributed by atoms with Gasteiger partial charge in [-0.25, -0.2) is 15.8 Å². The Morgan fingerprint density at radius 2 is 2.22 bits per heavy atom. The zero-order valence-corrected chi connectivity index (χ0v) is 12.0. The Morgan fingerprint density at radius 3 is 2.83 bits per heavy atom. The molecule has 0 aliphatic carbocycles. The molecule has 7 heteroatoms. The summed E-state index contributed by atoms with van der Waals surface area (Å²) in [5.41, 5.74) is 2.55. The number of rotatable bonds is 4. The summed E-state index contributed by atoms with van der Waals surface area (Å²) in [5, 5.41) is 0. The number of hydrogen-bond acceptors (Lipinski definition) is 6. The molecule has 0 radical (unpaired) electrons. The van der Waals surface area contributed by atoms with Crippen LogP contribution in [0.3, 0.4) is 0 Å². The van der Waals surface area contributed by atoms with Crippen molar-refractivity contribution in [1.82, 2.24) is 9.97 Å². The molecular formula is C11H18BrN5O. The third-order valence-electron chi connectivity index (χ3n) is 3.05. The molecule has 1 aliphatic rings. The lowest BCUT2D eigenvalue weighted by molar-refractivity contribution is 0.0458. The molecule has 0 saturated carbocycles. The van der Waals surface area contributed by atoms with Crippen LogP contribution in [0, 0.1) is 0 Å². The zero-order chi connectivity index (χ0) is 13.0. The fourth-order valence-electron chi connectivity index (χ4n) is 2.15. The minimum absolute atomic E-state index is 0.374. The molecule has 2 heterocycles. The van der Waals surface area contributed by atoms with E-state index >= 15 is 0 Å².